The Morgan fingerprint density at radius 2 is 1.62 bits per heavy atom. The number of anilines is 1. The number of nitrogens with one attached hydrogen (secondary N) is 1. The zero-order valence-electron chi connectivity index (χ0n) is 21.5. The van der Waals surface area contributed by atoms with Crippen molar-refractivity contribution in [1.29, 1.82) is 0 Å². The van der Waals surface area contributed by atoms with E-state index >= 15 is 0 Å². The lowest BCUT2D eigenvalue weighted by Crippen LogP contribution is -2.29. The molecule has 0 bridgehead atoms. The second-order valence-electron chi connectivity index (χ2n) is 7.69. The number of hydrogen-bond donors (Lipinski definition) is 6. The van der Waals surface area contributed by atoms with Gasteiger partial charge in [-0.1, -0.05) is 25.5 Å². The second kappa shape index (κ2) is 21.5. The van der Waals surface area contributed by atoms with Gasteiger partial charge in [0.1, 0.15) is 18.1 Å². The topological polar surface area (TPSA) is 217 Å². The molecule has 0 fully saturated rings. The van der Waals surface area contributed by atoms with Crippen molar-refractivity contribution in [1.82, 2.24) is 6.15 Å². The van der Waals surface area contributed by atoms with Crippen molar-refractivity contribution in [2.75, 3.05) is 19.0 Å². The van der Waals surface area contributed by atoms with Gasteiger partial charge in [0.05, 0.1) is 13.5 Å². The molecule has 2 aromatic carbocycles. The van der Waals surface area contributed by atoms with Gasteiger partial charge in [-0.3, -0.25) is 19.2 Å². The molecule has 0 saturated carbocycles. The predicted octanol–water partition coefficient (Wildman–Crippen LogP) is 3.25. The van der Waals surface area contributed by atoms with Crippen LogP contribution in [0.4, 0.5) is 5.69 Å². The van der Waals surface area contributed by atoms with E-state index in [0.29, 0.717) is 24.9 Å². The number of benzene rings is 2. The van der Waals surface area contributed by atoms with E-state index < -0.39 is 18.0 Å². The van der Waals surface area contributed by atoms with Crippen LogP contribution in [0.1, 0.15) is 54.9 Å². The minimum atomic E-state index is -0.933. The normalized spacial score (nSPS) is 10.2. The average molecular weight is 521 g/mol. The van der Waals surface area contributed by atoms with Crippen molar-refractivity contribution in [2.45, 2.75) is 51.5 Å². The average Bonchev–Trinajstić information content (AvgIpc) is 2.85. The van der Waals surface area contributed by atoms with Crippen LogP contribution in [0.3, 0.4) is 0 Å². The van der Waals surface area contributed by atoms with Crippen molar-refractivity contribution in [3.8, 4) is 5.75 Å². The highest BCUT2D eigenvalue weighted by Crippen LogP contribution is 2.11. The summed E-state index contributed by atoms with van der Waals surface area (Å²) >= 11 is 0. The number of ether oxygens (including phenoxy) is 1. The van der Waals surface area contributed by atoms with Crippen molar-refractivity contribution in [2.24, 2.45) is 11.5 Å². The van der Waals surface area contributed by atoms with Gasteiger partial charge >= 0.3 is 11.9 Å². The van der Waals surface area contributed by atoms with Gasteiger partial charge in [-0.2, -0.15) is 0 Å². The molecule has 0 saturated heterocycles. The number of methoxy groups -OCH3 is 1. The first kappa shape index (κ1) is 35.4. The lowest BCUT2D eigenvalue weighted by atomic mass is 10.1. The first-order chi connectivity index (χ1) is 17.2. The van der Waals surface area contributed by atoms with Gasteiger partial charge in [0.15, 0.2) is 0 Å². The molecule has 0 aliphatic heterocycles. The third-order valence-corrected chi connectivity index (χ3v) is 4.61. The number of amides is 1. The van der Waals surface area contributed by atoms with E-state index in [-0.39, 0.29) is 18.5 Å². The Morgan fingerprint density at radius 3 is 2.05 bits per heavy atom. The Kier molecular flexibility index (Phi) is 20.5. The van der Waals surface area contributed by atoms with Crippen LogP contribution >= 0.6 is 0 Å². The number of carbonyl (C=O) groups excluding carboxylic acids is 2. The molecule has 0 heterocycles. The molecule has 2 aromatic rings. The highest BCUT2D eigenvalue weighted by Gasteiger charge is 2.09. The standard InChI is InChI=1S/C11H13NO2.C9H10O3.C6H14N2O2.H3N/c1-2-3-11(14)12-10-6-4-9(8-13)5-7-10;1-12-8-4-2-7(3-5-8)6-9(10)11;7-4-2-1-3-5(8)6(9)10;/h4-8H,2-3H2,1H3,(H,12,14);2-5H,6H2,1H3,(H,10,11);5H,1-4,7-8H2,(H,9,10);1H3/t;;5-;/m..0./s1. The molecular formula is C26H40N4O7. The van der Waals surface area contributed by atoms with Crippen LogP contribution in [0, 0.1) is 0 Å². The lowest BCUT2D eigenvalue weighted by Gasteiger charge is -2.03. The molecular weight excluding hydrogens is 480 g/mol. The van der Waals surface area contributed by atoms with Crippen LogP contribution < -0.4 is 27.7 Å². The summed E-state index contributed by atoms with van der Waals surface area (Å²) < 4.78 is 4.93. The van der Waals surface area contributed by atoms with Crippen molar-refractivity contribution < 1.29 is 34.1 Å². The molecule has 206 valence electrons. The van der Waals surface area contributed by atoms with Crippen LogP contribution in [0.2, 0.25) is 0 Å². The summed E-state index contributed by atoms with van der Waals surface area (Å²) in [5.41, 5.74) is 12.5. The molecule has 2 rings (SSSR count). The summed E-state index contributed by atoms with van der Waals surface area (Å²) in [7, 11) is 1.58. The molecule has 10 N–H and O–H groups in total. The van der Waals surface area contributed by atoms with Gasteiger partial charge < -0.3 is 37.9 Å². The van der Waals surface area contributed by atoms with E-state index in [1.54, 1.807) is 55.6 Å². The van der Waals surface area contributed by atoms with Crippen molar-refractivity contribution in [3.05, 3.63) is 59.7 Å². The lowest BCUT2D eigenvalue weighted by molar-refractivity contribution is -0.139. The van der Waals surface area contributed by atoms with Crippen molar-refractivity contribution >= 4 is 29.8 Å². The van der Waals surface area contributed by atoms with E-state index in [0.717, 1.165) is 42.5 Å². The fourth-order valence-corrected chi connectivity index (χ4v) is 2.65. The fraction of sp³-hybridized carbons (Fsp3) is 0.385. The molecule has 0 aliphatic carbocycles. The van der Waals surface area contributed by atoms with Gasteiger partial charge in [-0.15, -0.1) is 0 Å². The van der Waals surface area contributed by atoms with Crippen LogP contribution in [0.15, 0.2) is 48.5 Å². The Hall–Kier alpha value is -3.80. The Morgan fingerprint density at radius 1 is 1.03 bits per heavy atom. The fourth-order valence-electron chi connectivity index (χ4n) is 2.65. The van der Waals surface area contributed by atoms with Crippen LogP contribution in [0.5, 0.6) is 5.75 Å². The highest BCUT2D eigenvalue weighted by atomic mass is 16.5. The first-order valence-corrected chi connectivity index (χ1v) is 11.5. The van der Waals surface area contributed by atoms with Gasteiger partial charge in [0, 0.05) is 17.7 Å². The molecule has 1 amide bonds. The van der Waals surface area contributed by atoms with E-state index in [9.17, 15) is 19.2 Å². The predicted molar refractivity (Wildman–Crippen MR) is 143 cm³/mol. The second-order valence-corrected chi connectivity index (χ2v) is 7.69. The number of carboxylic acid groups (broad SMARTS) is 2. The maximum Gasteiger partial charge on any atom is 0.320 e. The molecule has 37 heavy (non-hydrogen) atoms. The quantitative estimate of drug-likeness (QED) is 0.177. The first-order valence-electron chi connectivity index (χ1n) is 11.5. The van der Waals surface area contributed by atoms with Gasteiger partial charge in [-0.05, 0) is 67.8 Å². The third kappa shape index (κ3) is 18.2. The zero-order valence-corrected chi connectivity index (χ0v) is 21.5. The summed E-state index contributed by atoms with van der Waals surface area (Å²) in [4.78, 5) is 42.0. The van der Waals surface area contributed by atoms with E-state index in [1.807, 2.05) is 6.92 Å². The molecule has 11 nitrogen and oxygen atoms in total. The minimum absolute atomic E-state index is 0. The Labute approximate surface area is 217 Å². The van der Waals surface area contributed by atoms with E-state index in [1.165, 1.54) is 0 Å². The van der Waals surface area contributed by atoms with Crippen LogP contribution in [0.25, 0.3) is 0 Å². The smallest absolute Gasteiger partial charge is 0.320 e. The number of hydrogen-bond acceptors (Lipinski definition) is 8. The number of rotatable bonds is 12. The largest absolute Gasteiger partial charge is 0.497 e. The maximum atomic E-state index is 11.2. The summed E-state index contributed by atoms with van der Waals surface area (Å²) in [6.07, 6.45) is 4.35. The van der Waals surface area contributed by atoms with E-state index in [2.05, 4.69) is 5.32 Å². The molecule has 0 radical (unpaired) electrons. The summed E-state index contributed by atoms with van der Waals surface area (Å²) in [6.45, 7) is 2.56. The number of carboxylic acids is 2. The molecule has 0 aliphatic rings. The number of nitrogens with two attached hydrogens (primary N) is 2. The van der Waals surface area contributed by atoms with Crippen molar-refractivity contribution in [3.63, 3.8) is 0 Å². The summed E-state index contributed by atoms with van der Waals surface area (Å²) in [5, 5.41) is 19.5. The molecule has 0 unspecified atom stereocenters. The summed E-state index contributed by atoms with van der Waals surface area (Å²) in [5.74, 6) is -1.01. The Bertz CT molecular complexity index is 920. The maximum absolute atomic E-state index is 11.2. The Balaban J connectivity index is 0. The SMILES string of the molecule is CCCC(=O)Nc1ccc(C=O)cc1.COc1ccc(CC(=O)O)cc1.N.NCCCC[C@H](N)C(=O)O. The number of unbranched alkanes of at least 4 members (excludes halogenated alkanes) is 1. The van der Waals surface area contributed by atoms with Gasteiger partial charge in [0.25, 0.3) is 0 Å². The van der Waals surface area contributed by atoms with Gasteiger partial charge in [-0.25, -0.2) is 0 Å². The molecule has 11 heteroatoms. The van der Waals surface area contributed by atoms with Crippen LogP contribution in [-0.4, -0.2) is 54.0 Å². The van der Waals surface area contributed by atoms with Crippen LogP contribution in [-0.2, 0) is 20.8 Å². The minimum Gasteiger partial charge on any atom is -0.497 e. The van der Waals surface area contributed by atoms with Gasteiger partial charge in [0.2, 0.25) is 5.91 Å². The molecule has 0 aromatic heterocycles. The summed E-state index contributed by atoms with van der Waals surface area (Å²) in [6, 6.07) is 13.1. The zero-order chi connectivity index (χ0) is 27.3. The molecule has 0 spiro atoms. The highest BCUT2D eigenvalue weighted by molar-refractivity contribution is 5.91. The van der Waals surface area contributed by atoms with E-state index in [4.69, 9.17) is 26.4 Å². The number of aliphatic carboxylic acids is 2. The number of carbonyl (C=O) groups is 4. The molecule has 1 atom stereocenters. The monoisotopic (exact) mass is 520 g/mol. The third-order valence-electron chi connectivity index (χ3n) is 4.61. The number of aldehydes is 1.